The van der Waals surface area contributed by atoms with Gasteiger partial charge in [0.05, 0.1) is 24.2 Å². The van der Waals surface area contributed by atoms with E-state index in [4.69, 9.17) is 5.26 Å². The Morgan fingerprint density at radius 1 is 1.41 bits per heavy atom. The topological polar surface area (TPSA) is 64.2 Å². The van der Waals surface area contributed by atoms with Crippen molar-refractivity contribution in [3.63, 3.8) is 0 Å². The fourth-order valence-corrected chi connectivity index (χ4v) is 4.45. The quantitative estimate of drug-likeness (QED) is 0.774. The summed E-state index contributed by atoms with van der Waals surface area (Å²) >= 11 is 0. The van der Waals surface area contributed by atoms with Gasteiger partial charge in [0.2, 0.25) is 0 Å². The molecule has 3 nitrogen and oxygen atoms in total. The highest BCUT2D eigenvalue weighted by Crippen LogP contribution is 2.58. The van der Waals surface area contributed by atoms with E-state index in [2.05, 4.69) is 13.0 Å². The third kappa shape index (κ3) is 1.98. The Morgan fingerprint density at radius 2 is 2.12 bits per heavy atom. The van der Waals surface area contributed by atoms with E-state index >= 15 is 0 Å². The molecule has 2 aliphatic carbocycles. The van der Waals surface area contributed by atoms with Gasteiger partial charge in [-0.1, -0.05) is 13.3 Å². The van der Waals surface area contributed by atoms with Crippen LogP contribution in [0.4, 0.5) is 0 Å². The van der Waals surface area contributed by atoms with E-state index in [0.717, 1.165) is 32.1 Å². The first-order chi connectivity index (χ1) is 7.92. The average molecular weight is 237 g/mol. The van der Waals surface area contributed by atoms with Gasteiger partial charge in [0.15, 0.2) is 0 Å². The van der Waals surface area contributed by atoms with Gasteiger partial charge in [0, 0.05) is 0 Å². The second-order valence-electron chi connectivity index (χ2n) is 6.39. The Hall–Kier alpha value is -0.590. The molecule has 0 spiro atoms. The average Bonchev–Trinajstić information content (AvgIpc) is 2.57. The lowest BCUT2D eigenvalue weighted by Crippen LogP contribution is -2.47. The van der Waals surface area contributed by atoms with Gasteiger partial charge < -0.3 is 10.2 Å². The Morgan fingerprint density at radius 3 is 2.76 bits per heavy atom. The number of nitrogens with zero attached hydrogens (tertiary/aromatic N) is 1. The Balaban J connectivity index is 2.24. The van der Waals surface area contributed by atoms with E-state index in [-0.39, 0.29) is 23.9 Å². The predicted octanol–water partition coefficient (Wildman–Crippen LogP) is 2.23. The molecule has 2 rings (SSSR count). The van der Waals surface area contributed by atoms with Crippen molar-refractivity contribution in [2.24, 2.45) is 17.3 Å². The van der Waals surface area contributed by atoms with Crippen molar-refractivity contribution in [1.29, 1.82) is 5.26 Å². The number of hydrogen-bond acceptors (Lipinski definition) is 3. The molecule has 0 heterocycles. The van der Waals surface area contributed by atoms with E-state index in [1.807, 2.05) is 0 Å². The van der Waals surface area contributed by atoms with Gasteiger partial charge in [-0.25, -0.2) is 0 Å². The van der Waals surface area contributed by atoms with Crippen molar-refractivity contribution in [3.8, 4) is 6.07 Å². The fourth-order valence-electron chi connectivity index (χ4n) is 4.45. The van der Waals surface area contributed by atoms with Gasteiger partial charge in [-0.2, -0.15) is 5.26 Å². The zero-order valence-corrected chi connectivity index (χ0v) is 10.8. The van der Waals surface area contributed by atoms with Crippen molar-refractivity contribution < 1.29 is 10.2 Å². The van der Waals surface area contributed by atoms with Crippen LogP contribution in [0, 0.1) is 28.6 Å². The predicted molar refractivity (Wildman–Crippen MR) is 65.0 cm³/mol. The molecule has 2 saturated carbocycles. The summed E-state index contributed by atoms with van der Waals surface area (Å²) in [6, 6.07) is 2.10. The highest BCUT2D eigenvalue weighted by atomic mass is 16.3. The van der Waals surface area contributed by atoms with Crippen LogP contribution in [0.3, 0.4) is 0 Å². The summed E-state index contributed by atoms with van der Waals surface area (Å²) in [7, 11) is 0. The second-order valence-corrected chi connectivity index (χ2v) is 6.39. The van der Waals surface area contributed by atoms with Crippen LogP contribution in [-0.2, 0) is 0 Å². The van der Waals surface area contributed by atoms with Gasteiger partial charge in [0.25, 0.3) is 0 Å². The third-order valence-corrected chi connectivity index (χ3v) is 5.28. The number of nitriles is 1. The molecule has 3 heteroatoms. The van der Waals surface area contributed by atoms with E-state index in [1.165, 1.54) is 0 Å². The lowest BCUT2D eigenvalue weighted by Gasteiger charge is -2.47. The summed E-state index contributed by atoms with van der Waals surface area (Å²) in [5.74, 6) is 0.459. The van der Waals surface area contributed by atoms with Crippen LogP contribution in [0.5, 0.6) is 0 Å². The molecule has 2 aliphatic rings. The molecule has 0 saturated heterocycles. The van der Waals surface area contributed by atoms with E-state index in [1.54, 1.807) is 6.92 Å². The summed E-state index contributed by atoms with van der Waals surface area (Å²) in [6.07, 6.45) is 4.91. The molecular weight excluding hydrogens is 214 g/mol. The van der Waals surface area contributed by atoms with Gasteiger partial charge in [-0.15, -0.1) is 0 Å². The molecular formula is C14H23NO2. The van der Waals surface area contributed by atoms with Crippen LogP contribution in [0.15, 0.2) is 0 Å². The van der Waals surface area contributed by atoms with Crippen LogP contribution in [-0.4, -0.2) is 21.9 Å². The standard InChI is InChI=1S/C14H23NO2/c1-13-7-3-4-11(16)10(13)5-6-12(13)14(2,17)8-9-15/h10-12,16-17H,3-8H2,1-2H3/t10-,11-,12-,13-,14-/m0/s1. The van der Waals surface area contributed by atoms with Crippen LogP contribution in [0.25, 0.3) is 0 Å². The smallest absolute Gasteiger partial charge is 0.0782 e. The van der Waals surface area contributed by atoms with Crippen molar-refractivity contribution in [2.75, 3.05) is 0 Å². The van der Waals surface area contributed by atoms with Crippen molar-refractivity contribution >= 4 is 0 Å². The minimum atomic E-state index is -0.907. The third-order valence-electron chi connectivity index (χ3n) is 5.28. The summed E-state index contributed by atoms with van der Waals surface area (Å²) in [5, 5.41) is 29.4. The molecule has 0 bridgehead atoms. The summed E-state index contributed by atoms with van der Waals surface area (Å²) in [4.78, 5) is 0. The van der Waals surface area contributed by atoms with Crippen LogP contribution >= 0.6 is 0 Å². The zero-order chi connectivity index (χ0) is 12.7. The van der Waals surface area contributed by atoms with Gasteiger partial charge in [-0.3, -0.25) is 0 Å². The van der Waals surface area contributed by atoms with Crippen LogP contribution in [0.2, 0.25) is 0 Å². The van der Waals surface area contributed by atoms with Gasteiger partial charge >= 0.3 is 0 Å². The molecule has 5 atom stereocenters. The maximum absolute atomic E-state index is 10.5. The maximum atomic E-state index is 10.5. The first-order valence-corrected chi connectivity index (χ1v) is 6.69. The van der Waals surface area contributed by atoms with Crippen molar-refractivity contribution in [1.82, 2.24) is 0 Å². The van der Waals surface area contributed by atoms with Crippen molar-refractivity contribution in [2.45, 2.75) is 64.1 Å². The highest BCUT2D eigenvalue weighted by molar-refractivity contribution is 5.07. The fraction of sp³-hybridized carbons (Fsp3) is 0.929. The normalized spacial score (nSPS) is 44.8. The number of aliphatic hydroxyl groups excluding tert-OH is 1. The Kier molecular flexibility index (Phi) is 3.22. The molecule has 2 fully saturated rings. The van der Waals surface area contributed by atoms with Crippen LogP contribution in [0.1, 0.15) is 52.4 Å². The van der Waals surface area contributed by atoms with Crippen LogP contribution < -0.4 is 0 Å². The minimum absolute atomic E-state index is 0.0119. The molecule has 0 aliphatic heterocycles. The monoisotopic (exact) mass is 237 g/mol. The van der Waals surface area contributed by atoms with E-state index in [9.17, 15) is 10.2 Å². The number of aliphatic hydroxyl groups is 2. The molecule has 17 heavy (non-hydrogen) atoms. The first-order valence-electron chi connectivity index (χ1n) is 6.69. The second kappa shape index (κ2) is 4.26. The molecule has 0 aromatic rings. The molecule has 2 N–H and O–H groups in total. The largest absolute Gasteiger partial charge is 0.393 e. The number of rotatable bonds is 2. The number of hydrogen-bond donors (Lipinski definition) is 2. The molecule has 0 aromatic heterocycles. The van der Waals surface area contributed by atoms with E-state index < -0.39 is 5.60 Å². The molecule has 96 valence electrons. The summed E-state index contributed by atoms with van der Waals surface area (Å²) < 4.78 is 0. The lowest BCUT2D eigenvalue weighted by molar-refractivity contribution is -0.0871. The summed E-state index contributed by atoms with van der Waals surface area (Å²) in [5.41, 5.74) is -0.896. The Bertz CT molecular complexity index is 334. The molecule has 0 aromatic carbocycles. The molecule has 0 amide bonds. The maximum Gasteiger partial charge on any atom is 0.0782 e. The molecule has 0 unspecified atom stereocenters. The minimum Gasteiger partial charge on any atom is -0.393 e. The SMILES string of the molecule is C[C@]12CCC[C@H](O)[C@@H]1CC[C@@H]2[C@@](C)(O)CC#N. The Labute approximate surface area is 103 Å². The highest BCUT2D eigenvalue weighted by Gasteiger charge is 2.56. The molecule has 0 radical (unpaired) electrons. The summed E-state index contributed by atoms with van der Waals surface area (Å²) in [6.45, 7) is 3.99. The lowest BCUT2D eigenvalue weighted by atomic mass is 9.60. The van der Waals surface area contributed by atoms with Gasteiger partial charge in [-0.05, 0) is 49.9 Å². The van der Waals surface area contributed by atoms with Crippen molar-refractivity contribution in [3.05, 3.63) is 0 Å². The first kappa shape index (κ1) is 12.9. The van der Waals surface area contributed by atoms with E-state index in [0.29, 0.717) is 5.92 Å². The van der Waals surface area contributed by atoms with Gasteiger partial charge in [0.1, 0.15) is 0 Å². The number of fused-ring (bicyclic) bond motifs is 1. The zero-order valence-electron chi connectivity index (χ0n) is 10.8.